The Morgan fingerprint density at radius 3 is 2.35 bits per heavy atom. The SMILES string of the molecule is CCCC(C(=O)NCc1ccc(OC)cc1)c1ccc(Cl)cc1. The molecule has 0 bridgehead atoms. The fourth-order valence-corrected chi connectivity index (χ4v) is 2.61. The van der Waals surface area contributed by atoms with Crippen LogP contribution in [-0.4, -0.2) is 13.0 Å². The van der Waals surface area contributed by atoms with Crippen LogP contribution in [0.1, 0.15) is 36.8 Å². The van der Waals surface area contributed by atoms with Crippen LogP contribution in [0.4, 0.5) is 0 Å². The summed E-state index contributed by atoms with van der Waals surface area (Å²) in [6.45, 7) is 2.59. The highest BCUT2D eigenvalue weighted by atomic mass is 35.5. The van der Waals surface area contributed by atoms with Crippen molar-refractivity contribution in [1.82, 2.24) is 5.32 Å². The van der Waals surface area contributed by atoms with Crippen LogP contribution in [0.15, 0.2) is 48.5 Å². The topological polar surface area (TPSA) is 38.3 Å². The van der Waals surface area contributed by atoms with Gasteiger partial charge in [0.1, 0.15) is 5.75 Å². The molecule has 0 fully saturated rings. The van der Waals surface area contributed by atoms with Gasteiger partial charge in [-0.05, 0) is 41.8 Å². The standard InChI is InChI=1S/C19H22ClNO2/c1-3-4-18(15-7-9-16(20)10-8-15)19(22)21-13-14-5-11-17(23-2)12-6-14/h5-12,18H,3-4,13H2,1-2H3,(H,21,22). The maximum absolute atomic E-state index is 12.5. The summed E-state index contributed by atoms with van der Waals surface area (Å²) in [6.07, 6.45) is 1.76. The smallest absolute Gasteiger partial charge is 0.227 e. The molecule has 0 radical (unpaired) electrons. The van der Waals surface area contributed by atoms with Crippen molar-refractivity contribution >= 4 is 17.5 Å². The first-order chi connectivity index (χ1) is 11.1. The number of methoxy groups -OCH3 is 1. The molecule has 1 atom stereocenters. The first-order valence-corrected chi connectivity index (χ1v) is 8.18. The third-order valence-corrected chi connectivity index (χ3v) is 4.04. The van der Waals surface area contributed by atoms with Gasteiger partial charge in [0.2, 0.25) is 5.91 Å². The van der Waals surface area contributed by atoms with Crippen LogP contribution in [0.5, 0.6) is 5.75 Å². The fraction of sp³-hybridized carbons (Fsp3) is 0.316. The zero-order chi connectivity index (χ0) is 16.7. The molecule has 0 aliphatic heterocycles. The molecule has 2 aromatic carbocycles. The first kappa shape index (κ1) is 17.4. The van der Waals surface area contributed by atoms with Gasteiger partial charge < -0.3 is 10.1 Å². The van der Waals surface area contributed by atoms with Crippen molar-refractivity contribution < 1.29 is 9.53 Å². The van der Waals surface area contributed by atoms with Crippen LogP contribution in [0, 0.1) is 0 Å². The highest BCUT2D eigenvalue weighted by molar-refractivity contribution is 6.30. The third-order valence-electron chi connectivity index (χ3n) is 3.79. The average molecular weight is 332 g/mol. The van der Waals surface area contributed by atoms with Gasteiger partial charge in [0.05, 0.1) is 13.0 Å². The first-order valence-electron chi connectivity index (χ1n) is 7.80. The van der Waals surface area contributed by atoms with E-state index in [1.807, 2.05) is 48.5 Å². The monoisotopic (exact) mass is 331 g/mol. The molecule has 4 heteroatoms. The molecule has 1 amide bonds. The van der Waals surface area contributed by atoms with Crippen molar-refractivity contribution in [3.8, 4) is 5.75 Å². The fourth-order valence-electron chi connectivity index (χ4n) is 2.49. The number of amides is 1. The predicted octanol–water partition coefficient (Wildman–Crippen LogP) is 4.55. The molecule has 0 aromatic heterocycles. The molecule has 23 heavy (non-hydrogen) atoms. The van der Waals surface area contributed by atoms with Crippen molar-refractivity contribution in [1.29, 1.82) is 0 Å². The maximum atomic E-state index is 12.5. The molecule has 0 spiro atoms. The molecule has 1 N–H and O–H groups in total. The lowest BCUT2D eigenvalue weighted by molar-refractivity contribution is -0.122. The predicted molar refractivity (Wildman–Crippen MR) is 93.9 cm³/mol. The number of hydrogen-bond acceptors (Lipinski definition) is 2. The van der Waals surface area contributed by atoms with Crippen LogP contribution in [0.3, 0.4) is 0 Å². The van der Waals surface area contributed by atoms with E-state index in [0.717, 1.165) is 29.7 Å². The summed E-state index contributed by atoms with van der Waals surface area (Å²) in [7, 11) is 1.64. The summed E-state index contributed by atoms with van der Waals surface area (Å²) >= 11 is 5.93. The molecule has 2 rings (SSSR count). The van der Waals surface area contributed by atoms with Gasteiger partial charge in [0.15, 0.2) is 0 Å². The summed E-state index contributed by atoms with van der Waals surface area (Å²) < 4.78 is 5.13. The van der Waals surface area contributed by atoms with E-state index in [1.165, 1.54) is 0 Å². The van der Waals surface area contributed by atoms with E-state index in [0.29, 0.717) is 11.6 Å². The number of hydrogen-bond donors (Lipinski definition) is 1. The molecule has 0 aliphatic rings. The molecule has 1 unspecified atom stereocenters. The van der Waals surface area contributed by atoms with Gasteiger partial charge in [0.25, 0.3) is 0 Å². The highest BCUT2D eigenvalue weighted by Crippen LogP contribution is 2.23. The minimum Gasteiger partial charge on any atom is -0.497 e. The largest absolute Gasteiger partial charge is 0.497 e. The van der Waals surface area contributed by atoms with Gasteiger partial charge in [-0.3, -0.25) is 4.79 Å². The van der Waals surface area contributed by atoms with Gasteiger partial charge in [-0.25, -0.2) is 0 Å². The number of ether oxygens (including phenoxy) is 1. The Kier molecular flexibility index (Phi) is 6.48. The second-order valence-corrected chi connectivity index (χ2v) is 5.90. The third kappa shape index (κ3) is 5.00. The lowest BCUT2D eigenvalue weighted by Crippen LogP contribution is -2.29. The van der Waals surface area contributed by atoms with Gasteiger partial charge in [-0.2, -0.15) is 0 Å². The van der Waals surface area contributed by atoms with Crippen LogP contribution >= 0.6 is 11.6 Å². The van der Waals surface area contributed by atoms with Gasteiger partial charge in [-0.1, -0.05) is 49.2 Å². The van der Waals surface area contributed by atoms with Gasteiger partial charge in [0, 0.05) is 11.6 Å². The second kappa shape index (κ2) is 8.59. The molecule has 0 heterocycles. The van der Waals surface area contributed by atoms with Crippen molar-refractivity contribution in [2.45, 2.75) is 32.2 Å². The summed E-state index contributed by atoms with van der Waals surface area (Å²) in [6, 6.07) is 15.2. The lowest BCUT2D eigenvalue weighted by atomic mass is 9.93. The van der Waals surface area contributed by atoms with Gasteiger partial charge >= 0.3 is 0 Å². The van der Waals surface area contributed by atoms with E-state index in [9.17, 15) is 4.79 Å². The minimum absolute atomic E-state index is 0.0463. The molecule has 0 saturated carbocycles. The zero-order valence-electron chi connectivity index (χ0n) is 13.5. The summed E-state index contributed by atoms with van der Waals surface area (Å²) in [4.78, 5) is 12.5. The second-order valence-electron chi connectivity index (χ2n) is 5.46. The number of carbonyl (C=O) groups is 1. The summed E-state index contributed by atoms with van der Waals surface area (Å²) in [5, 5.41) is 3.70. The molecular formula is C19H22ClNO2. The molecule has 2 aromatic rings. The normalized spacial score (nSPS) is 11.8. The van der Waals surface area contributed by atoms with E-state index in [4.69, 9.17) is 16.3 Å². The molecule has 0 saturated heterocycles. The van der Waals surface area contributed by atoms with E-state index >= 15 is 0 Å². The van der Waals surface area contributed by atoms with E-state index in [-0.39, 0.29) is 11.8 Å². The Balaban J connectivity index is 2.01. The van der Waals surface area contributed by atoms with Crippen LogP contribution in [-0.2, 0) is 11.3 Å². The van der Waals surface area contributed by atoms with Crippen LogP contribution < -0.4 is 10.1 Å². The molecule has 122 valence electrons. The maximum Gasteiger partial charge on any atom is 0.227 e. The Morgan fingerprint density at radius 1 is 1.13 bits per heavy atom. The number of rotatable bonds is 7. The Hall–Kier alpha value is -2.00. The molecule has 0 aliphatic carbocycles. The average Bonchev–Trinajstić information content (AvgIpc) is 2.59. The quantitative estimate of drug-likeness (QED) is 0.808. The number of halogens is 1. The van der Waals surface area contributed by atoms with E-state index < -0.39 is 0 Å². The number of nitrogens with one attached hydrogen (secondary N) is 1. The van der Waals surface area contributed by atoms with E-state index in [2.05, 4.69) is 12.2 Å². The Bertz CT molecular complexity index is 623. The summed E-state index contributed by atoms with van der Waals surface area (Å²) in [5.41, 5.74) is 2.05. The molecular weight excluding hydrogens is 310 g/mol. The van der Waals surface area contributed by atoms with Crippen molar-refractivity contribution in [2.75, 3.05) is 7.11 Å². The van der Waals surface area contributed by atoms with Gasteiger partial charge in [-0.15, -0.1) is 0 Å². The van der Waals surface area contributed by atoms with Crippen molar-refractivity contribution in [2.24, 2.45) is 0 Å². The minimum atomic E-state index is -0.143. The van der Waals surface area contributed by atoms with Crippen molar-refractivity contribution in [3.63, 3.8) is 0 Å². The Morgan fingerprint density at radius 2 is 1.78 bits per heavy atom. The van der Waals surface area contributed by atoms with Crippen molar-refractivity contribution in [3.05, 3.63) is 64.7 Å². The van der Waals surface area contributed by atoms with E-state index in [1.54, 1.807) is 7.11 Å². The van der Waals surface area contributed by atoms with Crippen LogP contribution in [0.25, 0.3) is 0 Å². The Labute approximate surface area is 142 Å². The molecule has 3 nitrogen and oxygen atoms in total. The number of carbonyl (C=O) groups excluding carboxylic acids is 1. The number of benzene rings is 2. The summed E-state index contributed by atoms with van der Waals surface area (Å²) in [5.74, 6) is 0.714. The van der Waals surface area contributed by atoms with Crippen LogP contribution in [0.2, 0.25) is 5.02 Å². The lowest BCUT2D eigenvalue weighted by Gasteiger charge is -2.17. The zero-order valence-corrected chi connectivity index (χ0v) is 14.3. The highest BCUT2D eigenvalue weighted by Gasteiger charge is 2.19.